The molecule has 0 radical (unpaired) electrons. The Bertz CT molecular complexity index is 641. The van der Waals surface area contributed by atoms with E-state index in [-0.39, 0.29) is 23.9 Å². The molecule has 2 aliphatic rings. The molecule has 2 heterocycles. The lowest BCUT2D eigenvalue weighted by atomic mass is 9.88. The molecule has 0 aromatic heterocycles. The fourth-order valence-electron chi connectivity index (χ4n) is 4.01. The number of benzene rings is 1. The second-order valence-corrected chi connectivity index (χ2v) is 7.31. The van der Waals surface area contributed by atoms with Crippen molar-refractivity contribution in [2.45, 2.75) is 39.2 Å². The number of morpholine rings is 1. The van der Waals surface area contributed by atoms with Crippen molar-refractivity contribution in [3.05, 3.63) is 35.4 Å². The number of carbonyl (C=O) groups excluding carboxylic acids is 2. The maximum atomic E-state index is 12.9. The number of piperidine rings is 1. The molecule has 2 atom stereocenters. The molecule has 0 spiro atoms. The third-order valence-corrected chi connectivity index (χ3v) is 5.62. The molecular formula is C21H31N3O3. The Kier molecular flexibility index (Phi) is 6.72. The zero-order valence-electron chi connectivity index (χ0n) is 16.4. The molecule has 2 saturated heterocycles. The van der Waals surface area contributed by atoms with Crippen LogP contribution >= 0.6 is 0 Å². The van der Waals surface area contributed by atoms with Gasteiger partial charge in [-0.25, -0.2) is 4.79 Å². The molecule has 2 fully saturated rings. The molecule has 2 aliphatic heterocycles. The first kappa shape index (κ1) is 19.7. The van der Waals surface area contributed by atoms with Gasteiger partial charge in [0.25, 0.3) is 0 Å². The Labute approximate surface area is 161 Å². The van der Waals surface area contributed by atoms with Crippen LogP contribution in [0.3, 0.4) is 0 Å². The third-order valence-electron chi connectivity index (χ3n) is 5.62. The normalized spacial score (nSPS) is 23.2. The number of nitrogens with one attached hydrogen (secondary N) is 1. The Morgan fingerprint density at radius 1 is 1.11 bits per heavy atom. The predicted octanol–water partition coefficient (Wildman–Crippen LogP) is 2.59. The number of aryl methyl sites for hydroxylation is 1. The highest BCUT2D eigenvalue weighted by atomic mass is 16.5. The van der Waals surface area contributed by atoms with Crippen molar-refractivity contribution in [3.63, 3.8) is 0 Å². The number of hydrogen-bond donors (Lipinski definition) is 1. The largest absolute Gasteiger partial charge is 0.378 e. The summed E-state index contributed by atoms with van der Waals surface area (Å²) in [5.41, 5.74) is 2.44. The van der Waals surface area contributed by atoms with Crippen LogP contribution < -0.4 is 5.32 Å². The van der Waals surface area contributed by atoms with Gasteiger partial charge in [0.1, 0.15) is 0 Å². The first-order valence-electron chi connectivity index (χ1n) is 10.1. The Morgan fingerprint density at radius 2 is 1.81 bits per heavy atom. The van der Waals surface area contributed by atoms with E-state index < -0.39 is 0 Å². The van der Waals surface area contributed by atoms with Gasteiger partial charge in [0, 0.05) is 26.2 Å². The predicted molar refractivity (Wildman–Crippen MR) is 104 cm³/mol. The summed E-state index contributed by atoms with van der Waals surface area (Å²) >= 11 is 0. The second kappa shape index (κ2) is 9.22. The lowest BCUT2D eigenvalue weighted by Crippen LogP contribution is -2.52. The van der Waals surface area contributed by atoms with Crippen molar-refractivity contribution < 1.29 is 14.3 Å². The van der Waals surface area contributed by atoms with Gasteiger partial charge in [-0.3, -0.25) is 4.79 Å². The molecule has 0 bridgehead atoms. The summed E-state index contributed by atoms with van der Waals surface area (Å²) in [5.74, 6) is 0.0317. The first-order chi connectivity index (χ1) is 13.1. The van der Waals surface area contributed by atoms with Gasteiger partial charge in [-0.2, -0.15) is 0 Å². The smallest absolute Gasteiger partial charge is 0.317 e. The van der Waals surface area contributed by atoms with Crippen LogP contribution in [0, 0.1) is 5.92 Å². The molecule has 27 heavy (non-hydrogen) atoms. The van der Waals surface area contributed by atoms with E-state index in [9.17, 15) is 9.59 Å². The van der Waals surface area contributed by atoms with Crippen LogP contribution in [0.4, 0.5) is 4.79 Å². The van der Waals surface area contributed by atoms with Gasteiger partial charge < -0.3 is 19.9 Å². The van der Waals surface area contributed by atoms with E-state index in [1.54, 1.807) is 0 Å². The van der Waals surface area contributed by atoms with Gasteiger partial charge in [0.15, 0.2) is 0 Å². The maximum Gasteiger partial charge on any atom is 0.317 e. The van der Waals surface area contributed by atoms with E-state index >= 15 is 0 Å². The van der Waals surface area contributed by atoms with Crippen LogP contribution in [0.15, 0.2) is 24.3 Å². The minimum Gasteiger partial charge on any atom is -0.378 e. The van der Waals surface area contributed by atoms with Gasteiger partial charge >= 0.3 is 6.03 Å². The van der Waals surface area contributed by atoms with Crippen molar-refractivity contribution in [2.24, 2.45) is 5.92 Å². The fraction of sp³-hybridized carbons (Fsp3) is 0.619. The van der Waals surface area contributed by atoms with Gasteiger partial charge in [0.2, 0.25) is 5.91 Å². The fourth-order valence-corrected chi connectivity index (χ4v) is 4.01. The van der Waals surface area contributed by atoms with Crippen LogP contribution in [-0.2, 0) is 16.0 Å². The lowest BCUT2D eigenvalue weighted by Gasteiger charge is -2.41. The summed E-state index contributed by atoms with van der Waals surface area (Å²) in [6.07, 6.45) is 2.62. The Hall–Kier alpha value is -2.08. The molecule has 148 valence electrons. The van der Waals surface area contributed by atoms with Crippen molar-refractivity contribution in [1.29, 1.82) is 0 Å². The second-order valence-electron chi connectivity index (χ2n) is 7.31. The van der Waals surface area contributed by atoms with E-state index in [1.807, 2.05) is 16.7 Å². The maximum absolute atomic E-state index is 12.9. The first-order valence-corrected chi connectivity index (χ1v) is 10.1. The number of amides is 3. The van der Waals surface area contributed by atoms with Gasteiger partial charge in [0.05, 0.1) is 25.2 Å². The average Bonchev–Trinajstić information content (AvgIpc) is 2.73. The van der Waals surface area contributed by atoms with Crippen molar-refractivity contribution in [1.82, 2.24) is 15.1 Å². The topological polar surface area (TPSA) is 61.9 Å². The number of carbonyl (C=O) groups is 2. The summed E-state index contributed by atoms with van der Waals surface area (Å²) in [5, 5.41) is 2.92. The number of nitrogens with zero attached hydrogens (tertiary/aromatic N) is 2. The third kappa shape index (κ3) is 4.61. The molecule has 3 rings (SSSR count). The molecule has 1 aromatic rings. The van der Waals surface area contributed by atoms with Crippen LogP contribution in [0.25, 0.3) is 0 Å². The molecule has 1 N–H and O–H groups in total. The number of rotatable bonds is 4. The Balaban J connectivity index is 1.75. The van der Waals surface area contributed by atoms with Crippen LogP contribution in [-0.4, -0.2) is 61.1 Å². The summed E-state index contributed by atoms with van der Waals surface area (Å²) < 4.78 is 5.35. The van der Waals surface area contributed by atoms with Gasteiger partial charge in [-0.1, -0.05) is 31.2 Å². The highest BCUT2D eigenvalue weighted by molar-refractivity contribution is 5.81. The summed E-state index contributed by atoms with van der Waals surface area (Å²) in [4.78, 5) is 29.4. The summed E-state index contributed by atoms with van der Waals surface area (Å²) in [6, 6.07) is 8.46. The van der Waals surface area contributed by atoms with Crippen LogP contribution in [0.1, 0.15) is 43.9 Å². The molecule has 2 unspecified atom stereocenters. The number of urea groups is 1. The highest BCUT2D eigenvalue weighted by Gasteiger charge is 2.37. The minimum atomic E-state index is -0.128. The van der Waals surface area contributed by atoms with E-state index in [4.69, 9.17) is 4.74 Å². The Morgan fingerprint density at radius 3 is 2.44 bits per heavy atom. The molecular weight excluding hydrogens is 342 g/mol. The molecule has 0 saturated carbocycles. The average molecular weight is 373 g/mol. The highest BCUT2D eigenvalue weighted by Crippen LogP contribution is 2.34. The van der Waals surface area contributed by atoms with Crippen LogP contribution in [0.5, 0.6) is 0 Å². The van der Waals surface area contributed by atoms with E-state index in [1.165, 1.54) is 5.56 Å². The number of likely N-dealkylation sites (tertiary alicyclic amines) is 1. The quantitative estimate of drug-likeness (QED) is 0.882. The van der Waals surface area contributed by atoms with Crippen LogP contribution in [0.2, 0.25) is 0 Å². The van der Waals surface area contributed by atoms with Crippen molar-refractivity contribution >= 4 is 11.9 Å². The number of ether oxygens (including phenoxy) is 1. The zero-order chi connectivity index (χ0) is 19.2. The lowest BCUT2D eigenvalue weighted by molar-refractivity contribution is -0.141. The van der Waals surface area contributed by atoms with Crippen molar-refractivity contribution in [2.75, 3.05) is 39.4 Å². The SMILES string of the molecule is CCNC(=O)N1CC(C(=O)N2CCOCC2)CCC1c1ccc(CC)cc1. The molecule has 0 aliphatic carbocycles. The van der Waals surface area contributed by atoms with E-state index in [0.717, 1.165) is 24.8 Å². The van der Waals surface area contributed by atoms with E-state index in [0.29, 0.717) is 39.4 Å². The van der Waals surface area contributed by atoms with Gasteiger partial charge in [-0.15, -0.1) is 0 Å². The molecule has 1 aromatic carbocycles. The zero-order valence-corrected chi connectivity index (χ0v) is 16.4. The molecule has 6 heteroatoms. The number of hydrogen-bond acceptors (Lipinski definition) is 3. The van der Waals surface area contributed by atoms with Crippen molar-refractivity contribution in [3.8, 4) is 0 Å². The monoisotopic (exact) mass is 373 g/mol. The van der Waals surface area contributed by atoms with Gasteiger partial charge in [-0.05, 0) is 37.3 Å². The van der Waals surface area contributed by atoms with E-state index in [2.05, 4.69) is 36.5 Å². The standard InChI is InChI=1S/C21H31N3O3/c1-3-16-5-7-17(8-6-16)19-10-9-18(15-24(19)21(26)22-4-2)20(25)23-11-13-27-14-12-23/h5-8,18-19H,3-4,9-15H2,1-2H3,(H,22,26). The summed E-state index contributed by atoms with van der Waals surface area (Å²) in [6.45, 7) is 7.62. The molecule has 6 nitrogen and oxygen atoms in total. The molecule has 3 amide bonds. The minimum absolute atomic E-state index is 0.0243. The summed E-state index contributed by atoms with van der Waals surface area (Å²) in [7, 11) is 0.